The van der Waals surface area contributed by atoms with Gasteiger partial charge in [0.2, 0.25) is 0 Å². The first-order valence-electron chi connectivity index (χ1n) is 9.70. The van der Waals surface area contributed by atoms with Crippen molar-refractivity contribution in [1.82, 2.24) is 9.88 Å². The van der Waals surface area contributed by atoms with Crippen molar-refractivity contribution in [1.29, 1.82) is 0 Å². The van der Waals surface area contributed by atoms with Crippen molar-refractivity contribution in [2.45, 2.75) is 33.5 Å². The molecule has 0 fully saturated rings. The maximum Gasteiger partial charge on any atom is 0.0493 e. The van der Waals surface area contributed by atoms with E-state index in [0.29, 0.717) is 0 Å². The average Bonchev–Trinajstić information content (AvgIpc) is 2.97. The molecule has 3 aromatic carbocycles. The molecular weight excluding hydrogens is 364 g/mol. The Morgan fingerprint density at radius 2 is 1.54 bits per heavy atom. The molecule has 3 heteroatoms. The molecule has 1 heterocycles. The van der Waals surface area contributed by atoms with Gasteiger partial charge in [-0.2, -0.15) is 0 Å². The van der Waals surface area contributed by atoms with E-state index in [-0.39, 0.29) is 0 Å². The summed E-state index contributed by atoms with van der Waals surface area (Å²) in [5.74, 6) is 0. The summed E-state index contributed by atoms with van der Waals surface area (Å²) in [6.45, 7) is 6.82. The van der Waals surface area contributed by atoms with Crippen LogP contribution in [0.25, 0.3) is 10.9 Å². The molecule has 4 rings (SSSR count). The molecule has 4 aromatic rings. The van der Waals surface area contributed by atoms with E-state index in [2.05, 4.69) is 78.3 Å². The highest BCUT2D eigenvalue weighted by Crippen LogP contribution is 2.28. The Labute approximate surface area is 171 Å². The monoisotopic (exact) mass is 388 g/mol. The minimum absolute atomic E-state index is 0.782. The first-order chi connectivity index (χ1) is 13.6. The van der Waals surface area contributed by atoms with E-state index < -0.39 is 0 Å². The smallest absolute Gasteiger partial charge is 0.0493 e. The molecule has 142 valence electrons. The van der Waals surface area contributed by atoms with Crippen LogP contribution in [0.1, 0.15) is 27.9 Å². The lowest BCUT2D eigenvalue weighted by Crippen LogP contribution is -2.13. The van der Waals surface area contributed by atoms with E-state index in [0.717, 1.165) is 30.2 Å². The summed E-state index contributed by atoms with van der Waals surface area (Å²) in [4.78, 5) is 0. The zero-order valence-corrected chi connectivity index (χ0v) is 17.1. The Balaban J connectivity index is 1.60. The number of aromatic nitrogens is 1. The van der Waals surface area contributed by atoms with Gasteiger partial charge in [-0.1, -0.05) is 77.8 Å². The topological polar surface area (TPSA) is 17.0 Å². The van der Waals surface area contributed by atoms with Crippen LogP contribution in [0.2, 0.25) is 5.02 Å². The van der Waals surface area contributed by atoms with E-state index in [4.69, 9.17) is 11.6 Å². The summed E-state index contributed by atoms with van der Waals surface area (Å²) < 4.78 is 2.37. The lowest BCUT2D eigenvalue weighted by molar-refractivity contribution is 0.686. The molecule has 1 aromatic heterocycles. The fourth-order valence-corrected chi connectivity index (χ4v) is 3.96. The van der Waals surface area contributed by atoms with Gasteiger partial charge in [-0.3, -0.25) is 0 Å². The van der Waals surface area contributed by atoms with Crippen molar-refractivity contribution in [3.8, 4) is 0 Å². The number of nitrogens with zero attached hydrogens (tertiary/aromatic N) is 1. The largest absolute Gasteiger partial charge is 0.340 e. The molecule has 0 aliphatic carbocycles. The predicted octanol–water partition coefficient (Wildman–Crippen LogP) is 6.25. The van der Waals surface area contributed by atoms with Crippen LogP contribution in [0.4, 0.5) is 0 Å². The van der Waals surface area contributed by atoms with Gasteiger partial charge in [0.15, 0.2) is 0 Å². The molecule has 0 aliphatic heterocycles. The highest BCUT2D eigenvalue weighted by molar-refractivity contribution is 6.31. The third-order valence-electron chi connectivity index (χ3n) is 5.40. The molecular formula is C25H25ClN2. The van der Waals surface area contributed by atoms with Crippen molar-refractivity contribution in [2.24, 2.45) is 0 Å². The molecule has 28 heavy (non-hydrogen) atoms. The highest BCUT2D eigenvalue weighted by Gasteiger charge is 2.14. The number of hydrogen-bond donors (Lipinski definition) is 1. The standard InChI is InChI=1S/C25H25ClN2/c1-18-11-13-20(14-12-18)15-27-16-23-19(2)28(25-10-6-4-8-22(23)25)17-21-7-3-5-9-24(21)26/h3-14,27H,15-17H2,1-2H3. The minimum Gasteiger partial charge on any atom is -0.340 e. The summed E-state index contributed by atoms with van der Waals surface area (Å²) in [5, 5.41) is 5.75. The minimum atomic E-state index is 0.782. The zero-order valence-electron chi connectivity index (χ0n) is 16.4. The lowest BCUT2D eigenvalue weighted by Gasteiger charge is -2.11. The van der Waals surface area contributed by atoms with Crippen molar-refractivity contribution in [3.05, 3.63) is 106 Å². The number of nitrogens with one attached hydrogen (secondary N) is 1. The molecule has 0 amide bonds. The van der Waals surface area contributed by atoms with Crippen molar-refractivity contribution >= 4 is 22.5 Å². The summed E-state index contributed by atoms with van der Waals surface area (Å²) >= 11 is 6.42. The van der Waals surface area contributed by atoms with Gasteiger partial charge < -0.3 is 9.88 Å². The fourth-order valence-electron chi connectivity index (χ4n) is 3.76. The second kappa shape index (κ2) is 8.22. The van der Waals surface area contributed by atoms with Crippen LogP contribution in [-0.2, 0) is 19.6 Å². The zero-order chi connectivity index (χ0) is 19.5. The van der Waals surface area contributed by atoms with E-state index >= 15 is 0 Å². The second-order valence-electron chi connectivity index (χ2n) is 7.35. The maximum atomic E-state index is 6.42. The molecule has 0 unspecified atom stereocenters. The summed E-state index contributed by atoms with van der Waals surface area (Å²) in [7, 11) is 0. The number of benzene rings is 3. The number of hydrogen-bond acceptors (Lipinski definition) is 1. The van der Waals surface area contributed by atoms with Gasteiger partial charge in [0.05, 0.1) is 0 Å². The Morgan fingerprint density at radius 3 is 2.32 bits per heavy atom. The first kappa shape index (κ1) is 18.8. The van der Waals surface area contributed by atoms with E-state index in [9.17, 15) is 0 Å². The van der Waals surface area contributed by atoms with E-state index in [1.54, 1.807) is 0 Å². The SMILES string of the molecule is Cc1ccc(CNCc2c(C)n(Cc3ccccc3Cl)c3ccccc23)cc1. The van der Waals surface area contributed by atoms with Gasteiger partial charge in [0, 0.05) is 41.3 Å². The molecule has 0 aliphatic rings. The number of aryl methyl sites for hydroxylation is 1. The third kappa shape index (κ3) is 3.84. The molecule has 0 saturated carbocycles. The first-order valence-corrected chi connectivity index (χ1v) is 10.1. The van der Waals surface area contributed by atoms with Gasteiger partial charge in [-0.25, -0.2) is 0 Å². The molecule has 1 N–H and O–H groups in total. The molecule has 0 atom stereocenters. The predicted molar refractivity (Wildman–Crippen MR) is 119 cm³/mol. The molecule has 0 spiro atoms. The van der Waals surface area contributed by atoms with Crippen LogP contribution in [0, 0.1) is 13.8 Å². The van der Waals surface area contributed by atoms with Crippen LogP contribution >= 0.6 is 11.6 Å². The average molecular weight is 389 g/mol. The van der Waals surface area contributed by atoms with E-state index in [1.165, 1.54) is 33.3 Å². The maximum absolute atomic E-state index is 6.42. The second-order valence-corrected chi connectivity index (χ2v) is 7.76. The summed E-state index contributed by atoms with van der Waals surface area (Å²) in [6.07, 6.45) is 0. The molecule has 0 saturated heterocycles. The van der Waals surface area contributed by atoms with Gasteiger partial charge >= 0.3 is 0 Å². The van der Waals surface area contributed by atoms with Gasteiger partial charge in [-0.05, 0) is 42.7 Å². The Bertz CT molecular complexity index is 1090. The molecule has 2 nitrogen and oxygen atoms in total. The lowest BCUT2D eigenvalue weighted by atomic mass is 10.1. The van der Waals surface area contributed by atoms with Crippen molar-refractivity contribution < 1.29 is 0 Å². The van der Waals surface area contributed by atoms with Crippen LogP contribution in [0.15, 0.2) is 72.8 Å². The van der Waals surface area contributed by atoms with Crippen LogP contribution in [0.5, 0.6) is 0 Å². The van der Waals surface area contributed by atoms with Crippen molar-refractivity contribution in [2.75, 3.05) is 0 Å². The third-order valence-corrected chi connectivity index (χ3v) is 5.77. The molecule has 0 bridgehead atoms. The Kier molecular flexibility index (Phi) is 5.52. The van der Waals surface area contributed by atoms with Gasteiger partial charge in [0.25, 0.3) is 0 Å². The fraction of sp³-hybridized carbons (Fsp3) is 0.200. The molecule has 0 radical (unpaired) electrons. The highest BCUT2D eigenvalue weighted by atomic mass is 35.5. The normalized spacial score (nSPS) is 11.2. The number of para-hydroxylation sites is 1. The quantitative estimate of drug-likeness (QED) is 0.413. The number of halogens is 1. The summed E-state index contributed by atoms with van der Waals surface area (Å²) in [5.41, 5.74) is 7.65. The van der Waals surface area contributed by atoms with Crippen molar-refractivity contribution in [3.63, 3.8) is 0 Å². The van der Waals surface area contributed by atoms with Gasteiger partial charge in [0.1, 0.15) is 0 Å². The van der Waals surface area contributed by atoms with Crippen LogP contribution in [0.3, 0.4) is 0 Å². The number of rotatable bonds is 6. The Morgan fingerprint density at radius 1 is 0.821 bits per heavy atom. The van der Waals surface area contributed by atoms with Crippen LogP contribution in [-0.4, -0.2) is 4.57 Å². The Hall–Kier alpha value is -2.55. The van der Waals surface area contributed by atoms with Crippen LogP contribution < -0.4 is 5.32 Å². The van der Waals surface area contributed by atoms with Gasteiger partial charge in [-0.15, -0.1) is 0 Å². The summed E-state index contributed by atoms with van der Waals surface area (Å²) in [6, 6.07) is 25.4. The number of fused-ring (bicyclic) bond motifs is 1. The van der Waals surface area contributed by atoms with E-state index in [1.807, 2.05) is 18.2 Å².